The van der Waals surface area contributed by atoms with Crippen LogP contribution in [0.3, 0.4) is 0 Å². The molecule has 210 valence electrons. The maximum absolute atomic E-state index is 5.94. The van der Waals surface area contributed by atoms with Gasteiger partial charge in [-0.15, -0.1) is 0 Å². The third kappa shape index (κ3) is 4.03. The molecule has 6 heteroatoms. The Bertz CT molecular complexity index is 2000. The average Bonchev–Trinajstić information content (AvgIpc) is 3.82. The van der Waals surface area contributed by atoms with Crippen molar-refractivity contribution in [2.45, 2.75) is 0 Å². The lowest BCUT2D eigenvalue weighted by Gasteiger charge is -2.21. The van der Waals surface area contributed by atoms with Gasteiger partial charge in [-0.05, 0) is 76.3 Å². The van der Waals surface area contributed by atoms with Crippen LogP contribution in [-0.2, 0) is 18.6 Å². The molecule has 0 spiro atoms. The summed E-state index contributed by atoms with van der Waals surface area (Å²) in [6.45, 7) is 2.48. The Morgan fingerprint density at radius 3 is 0.955 bits per heavy atom. The molecule has 9 rings (SSSR count). The Balaban J connectivity index is 1.35. The van der Waals surface area contributed by atoms with E-state index in [9.17, 15) is 0 Å². The lowest BCUT2D eigenvalue weighted by Crippen LogP contribution is -2.32. The quantitative estimate of drug-likeness (QED) is 0.167. The van der Waals surface area contributed by atoms with E-state index in [1.165, 1.54) is 54.6 Å². The van der Waals surface area contributed by atoms with Crippen LogP contribution in [0, 0.1) is 0 Å². The number of hydrogen-bond acceptors (Lipinski definition) is 4. The van der Waals surface area contributed by atoms with Crippen LogP contribution >= 0.6 is 0 Å². The number of hydrogen-bond donors (Lipinski definition) is 0. The molecule has 2 fully saturated rings. The number of benzene rings is 7. The fraction of sp³-hybridized carbons (Fsp3) is 0.105. The van der Waals surface area contributed by atoms with Gasteiger partial charge in [-0.2, -0.15) is 0 Å². The molecule has 7 aromatic carbocycles. The minimum absolute atomic E-state index is 0.332. The Labute approximate surface area is 256 Å². The molecule has 0 bridgehead atoms. The van der Waals surface area contributed by atoms with Crippen LogP contribution in [0.2, 0.25) is 0 Å². The summed E-state index contributed by atoms with van der Waals surface area (Å²) in [5.41, 5.74) is 7.05. The lowest BCUT2D eigenvalue weighted by molar-refractivity contribution is 0.365. The molecule has 0 radical (unpaired) electrons. The van der Waals surface area contributed by atoms with Crippen LogP contribution in [0.1, 0.15) is 0 Å². The van der Waals surface area contributed by atoms with Crippen molar-refractivity contribution >= 4 is 68.3 Å². The molecule has 44 heavy (non-hydrogen) atoms. The summed E-state index contributed by atoms with van der Waals surface area (Å²) in [4.78, 5) is 0. The molecular weight excluding hydrogens is 542 g/mol. The largest absolute Gasteiger partial charge is 0.494 e. The summed E-state index contributed by atoms with van der Waals surface area (Å²) in [5.74, 6) is 0. The van der Waals surface area contributed by atoms with Gasteiger partial charge in [0.25, 0.3) is 0 Å². The molecule has 7 aromatic rings. The highest BCUT2D eigenvalue weighted by molar-refractivity contribution is 6.65. The van der Waals surface area contributed by atoms with Gasteiger partial charge in [0.15, 0.2) is 0 Å². The molecule has 0 saturated carbocycles. The summed E-state index contributed by atoms with van der Waals surface area (Å²) in [5, 5.41) is 9.61. The third-order valence-corrected chi connectivity index (χ3v) is 9.14. The van der Waals surface area contributed by atoms with Crippen LogP contribution < -0.4 is 10.9 Å². The fourth-order valence-electron chi connectivity index (χ4n) is 7.28. The van der Waals surface area contributed by atoms with Gasteiger partial charge in [-0.1, -0.05) is 121 Å². The molecule has 2 saturated heterocycles. The van der Waals surface area contributed by atoms with Gasteiger partial charge in [0.2, 0.25) is 0 Å². The van der Waals surface area contributed by atoms with Crippen LogP contribution in [0.15, 0.2) is 121 Å². The summed E-state index contributed by atoms with van der Waals surface area (Å²) in [6, 6.07) is 43.8. The topological polar surface area (TPSA) is 36.9 Å². The molecule has 2 aliphatic heterocycles. The molecule has 0 atom stereocenters. The normalized spacial score (nSPS) is 15.4. The zero-order valence-electron chi connectivity index (χ0n) is 24.2. The maximum atomic E-state index is 5.94. The zero-order chi connectivity index (χ0) is 29.0. The van der Waals surface area contributed by atoms with Crippen molar-refractivity contribution in [1.82, 2.24) is 0 Å². The van der Waals surface area contributed by atoms with Crippen LogP contribution in [0.25, 0.3) is 65.3 Å². The van der Waals surface area contributed by atoms with E-state index < -0.39 is 0 Å². The second kappa shape index (κ2) is 10.6. The number of fused-ring (bicyclic) bond motifs is 4. The first-order valence-corrected chi connectivity index (χ1v) is 15.3. The van der Waals surface area contributed by atoms with Crippen molar-refractivity contribution in [3.05, 3.63) is 121 Å². The van der Waals surface area contributed by atoms with Crippen molar-refractivity contribution in [3.8, 4) is 22.3 Å². The van der Waals surface area contributed by atoms with E-state index in [0.29, 0.717) is 26.4 Å². The molecule has 0 unspecified atom stereocenters. The fourth-order valence-corrected chi connectivity index (χ4v) is 7.28. The summed E-state index contributed by atoms with van der Waals surface area (Å²) in [7, 11) is -0.665. The van der Waals surface area contributed by atoms with Crippen molar-refractivity contribution in [2.24, 2.45) is 0 Å². The van der Waals surface area contributed by atoms with E-state index in [-0.39, 0.29) is 14.2 Å². The highest BCUT2D eigenvalue weighted by Gasteiger charge is 2.30. The first-order valence-electron chi connectivity index (χ1n) is 15.3. The van der Waals surface area contributed by atoms with Gasteiger partial charge in [-0.3, -0.25) is 0 Å². The SMILES string of the molecule is c1ccc2c(-c3c4ccccc4c(-c4ccc(B5OCCO5)c5ccccc45)c4ccccc34)ccc(B3OCCO3)c2c1. The molecule has 2 aliphatic rings. The van der Waals surface area contributed by atoms with Crippen molar-refractivity contribution in [2.75, 3.05) is 26.4 Å². The molecule has 0 N–H and O–H groups in total. The van der Waals surface area contributed by atoms with Gasteiger partial charge >= 0.3 is 14.2 Å². The molecule has 4 nitrogen and oxygen atoms in total. The monoisotopic (exact) mass is 570 g/mol. The predicted molar refractivity (Wildman–Crippen MR) is 182 cm³/mol. The number of rotatable bonds is 4. The minimum atomic E-state index is -0.332. The molecular formula is C38H28B2O4. The van der Waals surface area contributed by atoms with Gasteiger partial charge in [0.05, 0.1) is 26.4 Å². The van der Waals surface area contributed by atoms with Crippen molar-refractivity contribution < 1.29 is 18.6 Å². The molecule has 2 heterocycles. The molecule has 0 aromatic heterocycles. The minimum Gasteiger partial charge on any atom is -0.405 e. The Hall–Kier alpha value is -4.45. The van der Waals surface area contributed by atoms with Gasteiger partial charge in [0, 0.05) is 0 Å². The Morgan fingerprint density at radius 2 is 0.614 bits per heavy atom. The van der Waals surface area contributed by atoms with Gasteiger partial charge in [-0.25, -0.2) is 0 Å². The third-order valence-electron chi connectivity index (χ3n) is 9.14. The van der Waals surface area contributed by atoms with E-state index >= 15 is 0 Å². The van der Waals surface area contributed by atoms with Crippen molar-refractivity contribution in [1.29, 1.82) is 0 Å². The summed E-state index contributed by atoms with van der Waals surface area (Å²) >= 11 is 0. The maximum Gasteiger partial charge on any atom is 0.494 e. The van der Waals surface area contributed by atoms with Crippen molar-refractivity contribution in [3.63, 3.8) is 0 Å². The molecule has 0 amide bonds. The van der Waals surface area contributed by atoms with E-state index in [1.54, 1.807) is 0 Å². The average molecular weight is 570 g/mol. The second-order valence-corrected chi connectivity index (χ2v) is 11.5. The first kappa shape index (κ1) is 26.0. The highest BCUT2D eigenvalue weighted by Crippen LogP contribution is 2.46. The van der Waals surface area contributed by atoms with E-state index in [4.69, 9.17) is 18.6 Å². The van der Waals surface area contributed by atoms with Crippen LogP contribution in [0.5, 0.6) is 0 Å². The van der Waals surface area contributed by atoms with Crippen LogP contribution in [-0.4, -0.2) is 40.7 Å². The van der Waals surface area contributed by atoms with E-state index in [1.807, 2.05) is 0 Å². The summed E-state index contributed by atoms with van der Waals surface area (Å²) < 4.78 is 23.7. The Kier molecular flexibility index (Phi) is 6.27. The summed E-state index contributed by atoms with van der Waals surface area (Å²) in [6.07, 6.45) is 0. The van der Waals surface area contributed by atoms with Gasteiger partial charge < -0.3 is 18.6 Å². The zero-order valence-corrected chi connectivity index (χ0v) is 24.2. The van der Waals surface area contributed by atoms with E-state index in [2.05, 4.69) is 121 Å². The smallest absolute Gasteiger partial charge is 0.405 e. The van der Waals surface area contributed by atoms with E-state index in [0.717, 1.165) is 21.7 Å². The highest BCUT2D eigenvalue weighted by atomic mass is 16.6. The standard InChI is InChI=1S/C38H28B2O4/c1-3-11-27-25(9-1)33(17-19-35(27)39-41-21-22-42-39)37-29-13-5-7-15-31(29)38(32-16-8-6-14-30(32)37)34-18-20-36(40-43-23-24-44-40)28-12-4-2-10-26(28)34/h1-20H,21-24H2. The van der Waals surface area contributed by atoms with Gasteiger partial charge in [0.1, 0.15) is 0 Å². The predicted octanol–water partition coefficient (Wildman–Crippen LogP) is 7.12. The molecule has 0 aliphatic carbocycles. The van der Waals surface area contributed by atoms with Crippen LogP contribution in [0.4, 0.5) is 0 Å². The second-order valence-electron chi connectivity index (χ2n) is 11.5. The Morgan fingerprint density at radius 1 is 0.318 bits per heavy atom. The first-order chi connectivity index (χ1) is 21.9. The lowest BCUT2D eigenvalue weighted by atomic mass is 9.74.